The second-order valence-electron chi connectivity index (χ2n) is 4.80. The zero-order valence-electron chi connectivity index (χ0n) is 12.8. The molecule has 0 saturated heterocycles. The highest BCUT2D eigenvalue weighted by atomic mass is 17.2. The van der Waals surface area contributed by atoms with Crippen LogP contribution in [0.3, 0.4) is 0 Å². The summed E-state index contributed by atoms with van der Waals surface area (Å²) in [4.78, 5) is 20.9. The van der Waals surface area contributed by atoms with Crippen molar-refractivity contribution in [3.63, 3.8) is 0 Å². The largest absolute Gasteiger partial charge is 0.471 e. The molecule has 0 heterocycles. The van der Waals surface area contributed by atoms with Crippen LogP contribution in [-0.4, -0.2) is 5.97 Å². The Morgan fingerprint density at radius 1 is 1.13 bits per heavy atom. The molecular formula is C18H17NO4. The third-order valence-electron chi connectivity index (χ3n) is 2.96. The van der Waals surface area contributed by atoms with E-state index in [4.69, 9.17) is 9.62 Å². The van der Waals surface area contributed by atoms with E-state index in [-0.39, 0.29) is 0 Å². The normalized spacial score (nSPS) is 11.1. The van der Waals surface area contributed by atoms with Crippen LogP contribution in [0.25, 0.3) is 0 Å². The van der Waals surface area contributed by atoms with Crippen LogP contribution in [-0.2, 0) is 9.68 Å². The monoisotopic (exact) mass is 311 g/mol. The van der Waals surface area contributed by atoms with Crippen LogP contribution in [0.4, 0.5) is 0 Å². The van der Waals surface area contributed by atoms with E-state index in [1.165, 1.54) is 0 Å². The molecule has 118 valence electrons. The molecule has 2 rings (SSSR count). The third-order valence-corrected chi connectivity index (χ3v) is 2.96. The molecule has 5 heteroatoms. The Morgan fingerprint density at radius 3 is 2.57 bits per heavy atom. The smallest absolute Gasteiger partial charge is 0.355 e. The van der Waals surface area contributed by atoms with Crippen LogP contribution >= 0.6 is 0 Å². The van der Waals surface area contributed by atoms with Crippen molar-refractivity contribution in [3.8, 4) is 17.6 Å². The molecule has 0 radical (unpaired) electrons. The summed E-state index contributed by atoms with van der Waals surface area (Å²) in [7, 11) is 0. The van der Waals surface area contributed by atoms with Crippen molar-refractivity contribution in [2.24, 2.45) is 0 Å². The zero-order chi connectivity index (χ0) is 16.5. The van der Waals surface area contributed by atoms with Crippen molar-refractivity contribution in [2.45, 2.75) is 25.9 Å². The minimum absolute atomic E-state index is 0.292. The minimum Gasteiger partial charge on any atom is -0.471 e. The van der Waals surface area contributed by atoms with Gasteiger partial charge < -0.3 is 4.74 Å². The lowest BCUT2D eigenvalue weighted by Crippen LogP contribution is -2.08. The van der Waals surface area contributed by atoms with Gasteiger partial charge in [0, 0.05) is 18.1 Å². The van der Waals surface area contributed by atoms with Gasteiger partial charge in [0.2, 0.25) is 6.10 Å². The first kappa shape index (κ1) is 16.4. The summed E-state index contributed by atoms with van der Waals surface area (Å²) in [5.41, 5.74) is 0.760. The summed E-state index contributed by atoms with van der Waals surface area (Å²) in [6.45, 7) is 1.88. The van der Waals surface area contributed by atoms with Gasteiger partial charge >= 0.3 is 5.97 Å². The lowest BCUT2D eigenvalue weighted by molar-refractivity contribution is -0.213. The number of benzene rings is 2. The Hall–Kier alpha value is -3.00. The van der Waals surface area contributed by atoms with Gasteiger partial charge in [0.05, 0.1) is 0 Å². The molecule has 0 spiro atoms. The van der Waals surface area contributed by atoms with Gasteiger partial charge in [-0.15, -0.1) is 0 Å². The molecule has 0 aliphatic carbocycles. The first-order chi connectivity index (χ1) is 11.2. The number of hydrogen-bond donors (Lipinski definition) is 0. The first-order valence-corrected chi connectivity index (χ1v) is 7.31. The van der Waals surface area contributed by atoms with Gasteiger partial charge in [-0.2, -0.15) is 5.26 Å². The Morgan fingerprint density at radius 2 is 1.87 bits per heavy atom. The number of nitrogens with zero attached hydrogens (tertiary/aromatic N) is 1. The van der Waals surface area contributed by atoms with E-state index in [0.29, 0.717) is 24.3 Å². The second-order valence-corrected chi connectivity index (χ2v) is 4.80. The highest BCUT2D eigenvalue weighted by Crippen LogP contribution is 2.25. The zero-order valence-corrected chi connectivity index (χ0v) is 12.8. The number of hydrogen-bond acceptors (Lipinski definition) is 5. The van der Waals surface area contributed by atoms with Crippen molar-refractivity contribution in [1.29, 1.82) is 5.26 Å². The number of ether oxygens (including phenoxy) is 1. The molecule has 0 fully saturated rings. The van der Waals surface area contributed by atoms with Crippen LogP contribution in [0.2, 0.25) is 0 Å². The van der Waals surface area contributed by atoms with Crippen LogP contribution in [0.15, 0.2) is 54.6 Å². The fourth-order valence-corrected chi connectivity index (χ4v) is 1.87. The lowest BCUT2D eigenvalue weighted by Gasteiger charge is -2.13. The van der Waals surface area contributed by atoms with Gasteiger partial charge in [-0.05, 0) is 18.6 Å². The molecule has 23 heavy (non-hydrogen) atoms. The van der Waals surface area contributed by atoms with E-state index in [0.717, 1.165) is 5.56 Å². The predicted molar refractivity (Wildman–Crippen MR) is 83.5 cm³/mol. The van der Waals surface area contributed by atoms with Gasteiger partial charge in [0.15, 0.2) is 5.75 Å². The Balaban J connectivity index is 2.02. The van der Waals surface area contributed by atoms with E-state index in [9.17, 15) is 10.1 Å². The number of rotatable bonds is 7. The van der Waals surface area contributed by atoms with Crippen molar-refractivity contribution >= 4 is 5.97 Å². The Bertz CT molecular complexity index is 679. The molecule has 0 aromatic heterocycles. The highest BCUT2D eigenvalue weighted by Gasteiger charge is 2.12. The summed E-state index contributed by atoms with van der Waals surface area (Å²) in [6.07, 6.45) is 0.251. The summed E-state index contributed by atoms with van der Waals surface area (Å²) < 4.78 is 5.66. The summed E-state index contributed by atoms with van der Waals surface area (Å²) in [5.74, 6) is 0.346. The van der Waals surface area contributed by atoms with Crippen molar-refractivity contribution < 1.29 is 19.3 Å². The maximum Gasteiger partial charge on any atom is 0.355 e. The van der Waals surface area contributed by atoms with E-state index >= 15 is 0 Å². The summed E-state index contributed by atoms with van der Waals surface area (Å²) in [5, 5.41) is 9.27. The fourth-order valence-electron chi connectivity index (χ4n) is 1.87. The maximum absolute atomic E-state index is 11.3. The molecule has 1 atom stereocenters. The van der Waals surface area contributed by atoms with Gasteiger partial charge in [-0.25, -0.2) is 4.79 Å². The average molecular weight is 311 g/mol. The molecule has 0 amide bonds. The molecule has 0 aliphatic rings. The molecule has 1 unspecified atom stereocenters. The van der Waals surface area contributed by atoms with E-state index < -0.39 is 12.1 Å². The molecule has 0 aliphatic heterocycles. The number of carbonyl (C=O) groups excluding carboxylic acids is 1. The second kappa shape index (κ2) is 8.44. The standard InChI is InChI=1S/C18H17NO4/c1-2-7-18(20)23-22-16-11-6-10-15(12-16)21-17(13-19)14-8-4-3-5-9-14/h3-6,8-12,17H,2,7H2,1H3. The fraction of sp³-hybridized carbons (Fsp3) is 0.222. The van der Waals surface area contributed by atoms with Gasteiger partial charge in [0.25, 0.3) is 0 Å². The summed E-state index contributed by atoms with van der Waals surface area (Å²) in [6, 6.07) is 17.9. The van der Waals surface area contributed by atoms with Crippen LogP contribution in [0.1, 0.15) is 31.4 Å². The molecule has 0 N–H and O–H groups in total. The quantitative estimate of drug-likeness (QED) is 0.571. The molecule has 0 bridgehead atoms. The van der Waals surface area contributed by atoms with Gasteiger partial charge in [-0.3, -0.25) is 9.78 Å². The van der Waals surface area contributed by atoms with Crippen molar-refractivity contribution in [1.82, 2.24) is 0 Å². The lowest BCUT2D eigenvalue weighted by atomic mass is 10.1. The Labute approximate surface area is 135 Å². The van der Waals surface area contributed by atoms with E-state index in [1.54, 1.807) is 24.3 Å². The third kappa shape index (κ3) is 5.04. The van der Waals surface area contributed by atoms with Crippen molar-refractivity contribution in [3.05, 3.63) is 60.2 Å². The molecule has 2 aromatic carbocycles. The van der Waals surface area contributed by atoms with Gasteiger partial charge in [0.1, 0.15) is 11.8 Å². The van der Waals surface area contributed by atoms with Crippen LogP contribution in [0, 0.1) is 11.3 Å². The number of carbonyl (C=O) groups is 1. The topological polar surface area (TPSA) is 68.6 Å². The average Bonchev–Trinajstić information content (AvgIpc) is 2.59. The number of nitriles is 1. The van der Waals surface area contributed by atoms with E-state index in [1.807, 2.05) is 37.3 Å². The first-order valence-electron chi connectivity index (χ1n) is 7.31. The molecular weight excluding hydrogens is 294 g/mol. The Kier molecular flexibility index (Phi) is 6.01. The minimum atomic E-state index is -0.728. The molecule has 2 aromatic rings. The highest BCUT2D eigenvalue weighted by molar-refractivity contribution is 5.68. The molecule has 5 nitrogen and oxygen atoms in total. The van der Waals surface area contributed by atoms with E-state index in [2.05, 4.69) is 11.0 Å². The van der Waals surface area contributed by atoms with Crippen LogP contribution < -0.4 is 9.62 Å². The predicted octanol–water partition coefficient (Wildman–Crippen LogP) is 3.97. The summed E-state index contributed by atoms with van der Waals surface area (Å²) >= 11 is 0. The molecule has 0 saturated carbocycles. The maximum atomic E-state index is 11.3. The van der Waals surface area contributed by atoms with Gasteiger partial charge in [-0.1, -0.05) is 43.3 Å². The SMILES string of the molecule is CCCC(=O)OOc1cccc(OC(C#N)c2ccccc2)c1. The van der Waals surface area contributed by atoms with Crippen molar-refractivity contribution in [2.75, 3.05) is 0 Å². The van der Waals surface area contributed by atoms with Crippen LogP contribution in [0.5, 0.6) is 11.5 Å².